The Morgan fingerprint density at radius 3 is 3.00 bits per heavy atom. The van der Waals surface area contributed by atoms with Crippen molar-refractivity contribution in [3.63, 3.8) is 0 Å². The third-order valence-corrected chi connectivity index (χ3v) is 1.99. The molecule has 0 aromatic carbocycles. The summed E-state index contributed by atoms with van der Waals surface area (Å²) in [6, 6.07) is 0. The molecule has 1 heterocycles. The molecule has 1 aliphatic rings. The first-order valence-electron chi connectivity index (χ1n) is 4.74. The lowest BCUT2D eigenvalue weighted by Gasteiger charge is -2.04. The predicted octanol–water partition coefficient (Wildman–Crippen LogP) is 1.02. The van der Waals surface area contributed by atoms with Gasteiger partial charge in [-0.25, -0.2) is 0 Å². The van der Waals surface area contributed by atoms with Gasteiger partial charge in [-0.15, -0.1) is 6.58 Å². The van der Waals surface area contributed by atoms with Crippen LogP contribution in [0.15, 0.2) is 24.8 Å². The first-order valence-corrected chi connectivity index (χ1v) is 4.74. The van der Waals surface area contributed by atoms with Gasteiger partial charge in [0, 0.05) is 13.3 Å². The van der Waals surface area contributed by atoms with E-state index in [4.69, 9.17) is 9.47 Å². The summed E-state index contributed by atoms with van der Waals surface area (Å²) in [6.45, 7) is 5.06. The molecule has 1 fully saturated rings. The molecule has 15 heavy (non-hydrogen) atoms. The van der Waals surface area contributed by atoms with Crippen LogP contribution in [0.2, 0.25) is 0 Å². The van der Waals surface area contributed by atoms with Crippen LogP contribution in [0.3, 0.4) is 0 Å². The summed E-state index contributed by atoms with van der Waals surface area (Å²) in [4.78, 5) is 21.7. The standard InChI is InChI=1S/C11H14O4/c1-3-11-10(13)7-9(15-11)5-4-6-14-8(2)12/h3-5,9,11H,1,6-7H2,2H3/b5-4+/t9-,11+/m0/s1. The van der Waals surface area contributed by atoms with Gasteiger partial charge in [0.2, 0.25) is 0 Å². The molecule has 82 valence electrons. The van der Waals surface area contributed by atoms with Crippen LogP contribution in [0.5, 0.6) is 0 Å². The summed E-state index contributed by atoms with van der Waals surface area (Å²) in [6.07, 6.45) is 4.52. The molecule has 4 heteroatoms. The summed E-state index contributed by atoms with van der Waals surface area (Å²) < 4.78 is 10.0. The number of carbonyl (C=O) groups excluding carboxylic acids is 2. The van der Waals surface area contributed by atoms with E-state index in [0.29, 0.717) is 6.42 Å². The van der Waals surface area contributed by atoms with Crippen LogP contribution in [-0.4, -0.2) is 30.6 Å². The third-order valence-electron chi connectivity index (χ3n) is 1.99. The lowest BCUT2D eigenvalue weighted by molar-refractivity contribution is -0.139. The third kappa shape index (κ3) is 3.67. The Bertz CT molecular complexity index is 293. The highest BCUT2D eigenvalue weighted by Gasteiger charge is 2.29. The molecule has 0 spiro atoms. The second-order valence-electron chi connectivity index (χ2n) is 3.23. The fourth-order valence-electron chi connectivity index (χ4n) is 1.30. The fourth-order valence-corrected chi connectivity index (χ4v) is 1.30. The molecule has 0 amide bonds. The van der Waals surface area contributed by atoms with Gasteiger partial charge in [-0.1, -0.05) is 12.2 Å². The van der Waals surface area contributed by atoms with Crippen molar-refractivity contribution in [1.29, 1.82) is 0 Å². The lowest BCUT2D eigenvalue weighted by Crippen LogP contribution is -2.11. The number of hydrogen-bond acceptors (Lipinski definition) is 4. The minimum Gasteiger partial charge on any atom is -0.462 e. The van der Waals surface area contributed by atoms with Gasteiger partial charge >= 0.3 is 5.97 Å². The zero-order valence-electron chi connectivity index (χ0n) is 8.64. The minimum atomic E-state index is -0.492. The Morgan fingerprint density at radius 1 is 1.73 bits per heavy atom. The van der Waals surface area contributed by atoms with Gasteiger partial charge in [-0.3, -0.25) is 9.59 Å². The second-order valence-corrected chi connectivity index (χ2v) is 3.23. The first-order chi connectivity index (χ1) is 7.13. The summed E-state index contributed by atoms with van der Waals surface area (Å²) >= 11 is 0. The normalized spacial score (nSPS) is 25.8. The molecule has 0 aliphatic carbocycles. The van der Waals surface area contributed by atoms with Crippen molar-refractivity contribution in [3.8, 4) is 0 Å². The number of esters is 1. The zero-order valence-corrected chi connectivity index (χ0v) is 8.64. The molecule has 0 aromatic heterocycles. The van der Waals surface area contributed by atoms with Crippen molar-refractivity contribution in [1.82, 2.24) is 0 Å². The van der Waals surface area contributed by atoms with Crippen molar-refractivity contribution in [2.24, 2.45) is 0 Å². The smallest absolute Gasteiger partial charge is 0.302 e. The van der Waals surface area contributed by atoms with Crippen LogP contribution in [0, 0.1) is 0 Å². The van der Waals surface area contributed by atoms with Crippen LogP contribution in [0.25, 0.3) is 0 Å². The van der Waals surface area contributed by atoms with Gasteiger partial charge < -0.3 is 9.47 Å². The molecule has 0 radical (unpaired) electrons. The van der Waals surface area contributed by atoms with Crippen LogP contribution in [0.1, 0.15) is 13.3 Å². The van der Waals surface area contributed by atoms with Crippen LogP contribution in [-0.2, 0) is 19.1 Å². The summed E-state index contributed by atoms with van der Waals surface area (Å²) in [5.41, 5.74) is 0. The summed E-state index contributed by atoms with van der Waals surface area (Å²) in [5.74, 6) is -0.292. The van der Waals surface area contributed by atoms with Gasteiger partial charge in [0.05, 0.1) is 6.10 Å². The molecule has 2 atom stereocenters. The molecule has 0 N–H and O–H groups in total. The Hall–Kier alpha value is -1.42. The van der Waals surface area contributed by atoms with Gasteiger partial charge in [0.1, 0.15) is 12.7 Å². The van der Waals surface area contributed by atoms with E-state index >= 15 is 0 Å². The maximum absolute atomic E-state index is 11.2. The number of rotatable bonds is 4. The zero-order chi connectivity index (χ0) is 11.3. The highest BCUT2D eigenvalue weighted by atomic mass is 16.5. The largest absolute Gasteiger partial charge is 0.462 e. The minimum absolute atomic E-state index is 0.0344. The van der Waals surface area contributed by atoms with E-state index in [1.165, 1.54) is 13.0 Å². The van der Waals surface area contributed by atoms with E-state index < -0.39 is 6.10 Å². The molecule has 1 aliphatic heterocycles. The van der Waals surface area contributed by atoms with Crippen molar-refractivity contribution >= 4 is 11.8 Å². The Balaban J connectivity index is 2.32. The lowest BCUT2D eigenvalue weighted by atomic mass is 10.1. The van der Waals surface area contributed by atoms with Crippen LogP contribution < -0.4 is 0 Å². The first kappa shape index (κ1) is 11.7. The second kappa shape index (κ2) is 5.46. The topological polar surface area (TPSA) is 52.6 Å². The monoisotopic (exact) mass is 210 g/mol. The quantitative estimate of drug-likeness (QED) is 0.513. The van der Waals surface area contributed by atoms with E-state index in [9.17, 15) is 9.59 Å². The predicted molar refractivity (Wildman–Crippen MR) is 54.3 cm³/mol. The highest BCUT2D eigenvalue weighted by Crippen LogP contribution is 2.17. The van der Waals surface area contributed by atoms with Crippen LogP contribution in [0.4, 0.5) is 0 Å². The average molecular weight is 210 g/mol. The van der Waals surface area contributed by atoms with E-state index in [-0.39, 0.29) is 24.5 Å². The van der Waals surface area contributed by atoms with E-state index in [1.807, 2.05) is 0 Å². The number of carbonyl (C=O) groups is 2. The number of ketones is 1. The fraction of sp³-hybridized carbons (Fsp3) is 0.455. The molecule has 1 rings (SSSR count). The van der Waals surface area contributed by atoms with Gasteiger partial charge in [0.25, 0.3) is 0 Å². The molecule has 0 saturated carbocycles. The summed E-state index contributed by atoms with van der Waals surface area (Å²) in [7, 11) is 0. The van der Waals surface area contributed by atoms with E-state index in [1.54, 1.807) is 12.2 Å². The van der Waals surface area contributed by atoms with Crippen molar-refractivity contribution < 1.29 is 19.1 Å². The van der Waals surface area contributed by atoms with Gasteiger partial charge in [-0.05, 0) is 6.08 Å². The molecule has 1 saturated heterocycles. The van der Waals surface area contributed by atoms with Crippen LogP contribution >= 0.6 is 0 Å². The maximum atomic E-state index is 11.2. The van der Waals surface area contributed by atoms with Gasteiger partial charge in [-0.2, -0.15) is 0 Å². The molecule has 0 aromatic rings. The Morgan fingerprint density at radius 2 is 2.47 bits per heavy atom. The number of hydrogen-bond donors (Lipinski definition) is 0. The van der Waals surface area contributed by atoms with E-state index in [0.717, 1.165) is 0 Å². The van der Waals surface area contributed by atoms with Crippen molar-refractivity contribution in [2.45, 2.75) is 25.6 Å². The molecule has 4 nitrogen and oxygen atoms in total. The van der Waals surface area contributed by atoms with Crippen molar-refractivity contribution in [3.05, 3.63) is 24.8 Å². The molecule has 0 unspecified atom stereocenters. The maximum Gasteiger partial charge on any atom is 0.302 e. The van der Waals surface area contributed by atoms with Crippen molar-refractivity contribution in [2.75, 3.05) is 6.61 Å². The average Bonchev–Trinajstić information content (AvgIpc) is 2.53. The molecular formula is C11H14O4. The molecule has 0 bridgehead atoms. The summed E-state index contributed by atoms with van der Waals surface area (Å²) in [5, 5.41) is 0. The Kier molecular flexibility index (Phi) is 4.24. The highest BCUT2D eigenvalue weighted by molar-refractivity contribution is 5.87. The SMILES string of the molecule is C=C[C@H]1O[C@@H](/C=C/COC(C)=O)CC1=O. The van der Waals surface area contributed by atoms with Gasteiger partial charge in [0.15, 0.2) is 5.78 Å². The number of Topliss-reactive ketones (excluding diaryl/α,β-unsaturated/α-hetero) is 1. The van der Waals surface area contributed by atoms with E-state index in [2.05, 4.69) is 6.58 Å². The number of ether oxygens (including phenoxy) is 2. The molecular weight excluding hydrogens is 196 g/mol. The Labute approximate surface area is 88.6 Å².